The van der Waals surface area contributed by atoms with Gasteiger partial charge in [0.25, 0.3) is 5.91 Å². The number of nitrogens with zero attached hydrogens (tertiary/aromatic N) is 4. The number of aromatic amines is 1. The first-order valence-corrected chi connectivity index (χ1v) is 10.9. The molecule has 1 fully saturated rings. The number of amides is 1. The molecule has 164 valence electrons. The van der Waals surface area contributed by atoms with E-state index in [0.29, 0.717) is 38.2 Å². The first-order valence-electron chi connectivity index (χ1n) is 10.9. The average Bonchev–Trinajstić information content (AvgIpc) is 3.13. The molecule has 0 aliphatic carbocycles. The van der Waals surface area contributed by atoms with Gasteiger partial charge in [-0.25, -0.2) is 0 Å². The number of hydrogen-bond acceptors (Lipinski definition) is 5. The predicted molar refractivity (Wildman–Crippen MR) is 117 cm³/mol. The van der Waals surface area contributed by atoms with Gasteiger partial charge in [-0.2, -0.15) is 5.10 Å². The van der Waals surface area contributed by atoms with Crippen LogP contribution in [0.5, 0.6) is 0 Å². The molecule has 1 unspecified atom stereocenters. The molecule has 2 aromatic heterocycles. The van der Waals surface area contributed by atoms with Crippen molar-refractivity contribution in [3.63, 3.8) is 0 Å². The standard InChI is InChI=1S/C23H35N5O2/c1-5-27(16-18-7-11-24-12-8-18)17-23(30)9-6-13-28(14-10-23)21(29)19-15-20(26-25-19)22(2,3)4/h7-8,11-12,15,30H,5-6,9-10,13-14,16-17H2,1-4H3,(H,25,26). The van der Waals surface area contributed by atoms with Gasteiger partial charge in [-0.05, 0) is 49.6 Å². The summed E-state index contributed by atoms with van der Waals surface area (Å²) in [5.41, 5.74) is 1.72. The Morgan fingerprint density at radius 1 is 1.27 bits per heavy atom. The summed E-state index contributed by atoms with van der Waals surface area (Å²) in [6, 6.07) is 5.87. The third kappa shape index (κ3) is 5.67. The van der Waals surface area contributed by atoms with Gasteiger partial charge in [0, 0.05) is 49.7 Å². The number of hydrogen-bond donors (Lipinski definition) is 2. The molecule has 1 atom stereocenters. The maximum Gasteiger partial charge on any atom is 0.274 e. The molecule has 0 radical (unpaired) electrons. The van der Waals surface area contributed by atoms with Gasteiger partial charge in [0.1, 0.15) is 5.69 Å². The van der Waals surface area contributed by atoms with Crippen LogP contribution in [0.2, 0.25) is 0 Å². The van der Waals surface area contributed by atoms with Gasteiger partial charge < -0.3 is 10.0 Å². The Hall–Kier alpha value is -2.25. The largest absolute Gasteiger partial charge is 0.388 e. The highest BCUT2D eigenvalue weighted by molar-refractivity contribution is 5.92. The molecule has 1 saturated heterocycles. The zero-order valence-electron chi connectivity index (χ0n) is 18.7. The maximum atomic E-state index is 13.0. The molecule has 7 nitrogen and oxygen atoms in total. The van der Waals surface area contributed by atoms with Crippen molar-refractivity contribution in [2.24, 2.45) is 0 Å². The average molecular weight is 414 g/mol. The quantitative estimate of drug-likeness (QED) is 0.760. The summed E-state index contributed by atoms with van der Waals surface area (Å²) in [6.07, 6.45) is 5.64. The lowest BCUT2D eigenvalue weighted by atomic mass is 9.92. The number of likely N-dealkylation sites (N-methyl/N-ethyl adjacent to an activating group) is 1. The van der Waals surface area contributed by atoms with Crippen LogP contribution in [0.15, 0.2) is 30.6 Å². The number of likely N-dealkylation sites (tertiary alicyclic amines) is 1. The Morgan fingerprint density at radius 3 is 2.63 bits per heavy atom. The molecule has 0 aromatic carbocycles. The van der Waals surface area contributed by atoms with Gasteiger partial charge in [0.05, 0.1) is 5.60 Å². The van der Waals surface area contributed by atoms with Crippen LogP contribution in [-0.2, 0) is 12.0 Å². The molecular weight excluding hydrogens is 378 g/mol. The van der Waals surface area contributed by atoms with E-state index < -0.39 is 5.60 Å². The number of carbonyl (C=O) groups is 1. The van der Waals surface area contributed by atoms with Gasteiger partial charge in [-0.3, -0.25) is 19.8 Å². The van der Waals surface area contributed by atoms with Gasteiger partial charge in [0.2, 0.25) is 0 Å². The summed E-state index contributed by atoms with van der Waals surface area (Å²) >= 11 is 0. The van der Waals surface area contributed by atoms with Crippen molar-refractivity contribution in [1.82, 2.24) is 25.0 Å². The first-order chi connectivity index (χ1) is 14.2. The molecule has 0 saturated carbocycles. The van der Waals surface area contributed by atoms with Crippen molar-refractivity contribution in [2.75, 3.05) is 26.2 Å². The fourth-order valence-corrected chi connectivity index (χ4v) is 3.96. The molecule has 0 bridgehead atoms. The number of carbonyl (C=O) groups excluding carboxylic acids is 1. The number of nitrogens with one attached hydrogen (secondary N) is 1. The van der Waals surface area contributed by atoms with Gasteiger partial charge in [0.15, 0.2) is 0 Å². The minimum absolute atomic E-state index is 0.0601. The monoisotopic (exact) mass is 413 g/mol. The summed E-state index contributed by atoms with van der Waals surface area (Å²) in [5.74, 6) is -0.0601. The van der Waals surface area contributed by atoms with Gasteiger partial charge in [-0.15, -0.1) is 0 Å². The number of rotatable bonds is 6. The molecule has 3 rings (SSSR count). The van der Waals surface area contributed by atoms with E-state index in [2.05, 4.69) is 47.8 Å². The Labute approximate surface area is 179 Å². The molecule has 1 aliphatic heterocycles. The smallest absolute Gasteiger partial charge is 0.274 e. The minimum Gasteiger partial charge on any atom is -0.388 e. The zero-order valence-corrected chi connectivity index (χ0v) is 18.7. The third-order valence-electron chi connectivity index (χ3n) is 5.93. The van der Waals surface area contributed by atoms with E-state index in [0.717, 1.165) is 25.2 Å². The minimum atomic E-state index is -0.791. The third-order valence-corrected chi connectivity index (χ3v) is 5.93. The molecule has 2 N–H and O–H groups in total. The van der Waals surface area contributed by atoms with E-state index in [1.807, 2.05) is 23.1 Å². The van der Waals surface area contributed by atoms with E-state index in [-0.39, 0.29) is 11.3 Å². The summed E-state index contributed by atoms with van der Waals surface area (Å²) in [6.45, 7) is 11.8. The summed E-state index contributed by atoms with van der Waals surface area (Å²) in [5, 5.41) is 18.5. The van der Waals surface area contributed by atoms with Crippen LogP contribution in [0.25, 0.3) is 0 Å². The van der Waals surface area contributed by atoms with Crippen LogP contribution in [0.4, 0.5) is 0 Å². The number of pyridine rings is 1. The van der Waals surface area contributed by atoms with Gasteiger partial charge >= 0.3 is 0 Å². The first kappa shape index (κ1) is 22.4. The topological polar surface area (TPSA) is 85.4 Å². The van der Waals surface area contributed by atoms with Crippen LogP contribution >= 0.6 is 0 Å². The lowest BCUT2D eigenvalue weighted by Gasteiger charge is -2.33. The summed E-state index contributed by atoms with van der Waals surface area (Å²) in [4.78, 5) is 21.1. The second kappa shape index (κ2) is 9.27. The van der Waals surface area contributed by atoms with Crippen molar-refractivity contribution < 1.29 is 9.90 Å². The predicted octanol–water partition coefficient (Wildman–Crippen LogP) is 2.98. The Kier molecular flexibility index (Phi) is 6.93. The summed E-state index contributed by atoms with van der Waals surface area (Å²) < 4.78 is 0. The number of aliphatic hydroxyl groups is 1. The lowest BCUT2D eigenvalue weighted by molar-refractivity contribution is -0.00928. The Morgan fingerprint density at radius 2 is 2.00 bits per heavy atom. The lowest BCUT2D eigenvalue weighted by Crippen LogP contribution is -2.43. The molecule has 1 aliphatic rings. The molecule has 3 heterocycles. The molecule has 0 spiro atoms. The van der Waals surface area contributed by atoms with Crippen molar-refractivity contribution >= 4 is 5.91 Å². The highest BCUT2D eigenvalue weighted by Crippen LogP contribution is 2.26. The van der Waals surface area contributed by atoms with E-state index >= 15 is 0 Å². The molecule has 30 heavy (non-hydrogen) atoms. The van der Waals surface area contributed by atoms with Crippen molar-refractivity contribution in [2.45, 2.75) is 64.5 Å². The van der Waals surface area contributed by atoms with Crippen LogP contribution in [-0.4, -0.2) is 67.8 Å². The fraction of sp³-hybridized carbons (Fsp3) is 0.609. The van der Waals surface area contributed by atoms with Crippen LogP contribution < -0.4 is 0 Å². The van der Waals surface area contributed by atoms with Crippen molar-refractivity contribution in [3.8, 4) is 0 Å². The highest BCUT2D eigenvalue weighted by Gasteiger charge is 2.34. The number of aromatic nitrogens is 3. The van der Waals surface area contributed by atoms with Gasteiger partial charge in [-0.1, -0.05) is 27.7 Å². The summed E-state index contributed by atoms with van der Waals surface area (Å²) in [7, 11) is 0. The van der Waals surface area contributed by atoms with E-state index in [4.69, 9.17) is 0 Å². The molecule has 1 amide bonds. The van der Waals surface area contributed by atoms with Crippen LogP contribution in [0, 0.1) is 0 Å². The zero-order chi connectivity index (χ0) is 21.8. The van der Waals surface area contributed by atoms with Crippen molar-refractivity contribution in [3.05, 3.63) is 47.5 Å². The molecule has 7 heteroatoms. The second-order valence-corrected chi connectivity index (χ2v) is 9.45. The van der Waals surface area contributed by atoms with Crippen LogP contribution in [0.1, 0.15) is 68.7 Å². The molecular formula is C23H35N5O2. The normalized spacial score (nSPS) is 20.4. The van der Waals surface area contributed by atoms with Crippen LogP contribution in [0.3, 0.4) is 0 Å². The fourth-order valence-electron chi connectivity index (χ4n) is 3.96. The van der Waals surface area contributed by atoms with Crippen molar-refractivity contribution in [1.29, 1.82) is 0 Å². The Balaban J connectivity index is 1.61. The number of H-pyrrole nitrogens is 1. The Bertz CT molecular complexity index is 830. The molecule has 2 aromatic rings. The second-order valence-electron chi connectivity index (χ2n) is 9.45. The maximum absolute atomic E-state index is 13.0. The van der Waals surface area contributed by atoms with E-state index in [9.17, 15) is 9.90 Å². The highest BCUT2D eigenvalue weighted by atomic mass is 16.3. The van der Waals surface area contributed by atoms with E-state index in [1.54, 1.807) is 12.4 Å². The van der Waals surface area contributed by atoms with E-state index in [1.165, 1.54) is 5.56 Å². The SMILES string of the molecule is CCN(Cc1ccncc1)CC1(O)CCCN(C(=O)c2cc(C(C)(C)C)[nH]n2)CC1.